The van der Waals surface area contributed by atoms with Crippen LogP contribution in [0.15, 0.2) is 17.1 Å². The van der Waals surface area contributed by atoms with Gasteiger partial charge in [0.25, 0.3) is 0 Å². The van der Waals surface area contributed by atoms with Gasteiger partial charge in [0, 0.05) is 0 Å². The highest BCUT2D eigenvalue weighted by Crippen LogP contribution is 2.04. The molecule has 0 atom stereocenters. The number of aryl methyl sites for hydroxylation is 1. The van der Waals surface area contributed by atoms with Crippen molar-refractivity contribution in [3.05, 3.63) is 17.8 Å². The third-order valence-corrected chi connectivity index (χ3v) is 1.34. The molecule has 0 saturated carbocycles. The molecule has 0 unspecified atom stereocenters. The smallest absolute Gasteiger partial charge is 0.175 e. The summed E-state index contributed by atoms with van der Waals surface area (Å²) in [5.41, 5.74) is 3.24. The van der Waals surface area contributed by atoms with Crippen molar-refractivity contribution in [3.63, 3.8) is 0 Å². The molecule has 1 aromatic heterocycles. The van der Waals surface area contributed by atoms with Crippen LogP contribution in [0.25, 0.3) is 0 Å². The summed E-state index contributed by atoms with van der Waals surface area (Å²) >= 11 is 0. The van der Waals surface area contributed by atoms with Gasteiger partial charge in [-0.05, 0) is 18.6 Å². The fourth-order valence-electron chi connectivity index (χ4n) is 0.714. The van der Waals surface area contributed by atoms with Crippen LogP contribution >= 0.6 is 0 Å². The van der Waals surface area contributed by atoms with Gasteiger partial charge < -0.3 is 5.43 Å². The van der Waals surface area contributed by atoms with Gasteiger partial charge in [0.05, 0.1) is 5.69 Å². The van der Waals surface area contributed by atoms with Crippen molar-refractivity contribution in [3.8, 4) is 0 Å². The van der Waals surface area contributed by atoms with E-state index in [1.165, 1.54) is 6.34 Å². The van der Waals surface area contributed by atoms with Crippen molar-refractivity contribution in [1.29, 1.82) is 0 Å². The van der Waals surface area contributed by atoms with Gasteiger partial charge in [-0.1, -0.05) is 6.92 Å². The van der Waals surface area contributed by atoms with Crippen LogP contribution in [0.1, 0.15) is 12.6 Å². The molecule has 0 spiro atoms. The first-order valence-electron chi connectivity index (χ1n) is 3.68. The van der Waals surface area contributed by atoms with Crippen LogP contribution in [-0.2, 0) is 6.42 Å². The fourth-order valence-corrected chi connectivity index (χ4v) is 0.714. The number of hydrazine groups is 1. The van der Waals surface area contributed by atoms with Gasteiger partial charge in [0.1, 0.15) is 6.34 Å². The number of aliphatic imine (C=N–C) groups is 1. The van der Waals surface area contributed by atoms with Crippen molar-refractivity contribution in [2.75, 3.05) is 0 Å². The van der Waals surface area contributed by atoms with Crippen LogP contribution in [0.4, 0.5) is 5.82 Å². The molecular formula is C7H11N5. The molecule has 0 aliphatic rings. The Morgan fingerprint density at radius 1 is 1.58 bits per heavy atom. The molecule has 3 N–H and O–H groups in total. The number of aromatic nitrogens is 2. The van der Waals surface area contributed by atoms with Gasteiger partial charge >= 0.3 is 0 Å². The number of hydrogen-bond acceptors (Lipinski definition) is 4. The summed E-state index contributed by atoms with van der Waals surface area (Å²) in [7, 11) is 0. The monoisotopic (exact) mass is 165 g/mol. The van der Waals surface area contributed by atoms with Gasteiger partial charge in [-0.2, -0.15) is 5.10 Å². The van der Waals surface area contributed by atoms with E-state index in [0.717, 1.165) is 12.1 Å². The minimum absolute atomic E-state index is 0.546. The summed E-state index contributed by atoms with van der Waals surface area (Å²) < 4.78 is 0. The highest BCUT2D eigenvalue weighted by molar-refractivity contribution is 5.58. The minimum atomic E-state index is 0.546. The van der Waals surface area contributed by atoms with Gasteiger partial charge in [0.15, 0.2) is 5.82 Å². The van der Waals surface area contributed by atoms with E-state index in [0.29, 0.717) is 5.82 Å². The van der Waals surface area contributed by atoms with Gasteiger partial charge in [-0.25, -0.2) is 10.8 Å². The first kappa shape index (κ1) is 8.61. The summed E-state index contributed by atoms with van der Waals surface area (Å²) in [5, 5.41) is 7.76. The van der Waals surface area contributed by atoms with Gasteiger partial charge in [-0.3, -0.25) is 0 Å². The fraction of sp³-hybridized carbons (Fsp3) is 0.286. The molecule has 0 bridgehead atoms. The molecular weight excluding hydrogens is 154 g/mol. The van der Waals surface area contributed by atoms with E-state index in [4.69, 9.17) is 5.84 Å². The quantitative estimate of drug-likeness (QED) is 0.289. The molecule has 12 heavy (non-hydrogen) atoms. The third kappa shape index (κ3) is 2.28. The van der Waals surface area contributed by atoms with E-state index >= 15 is 0 Å². The van der Waals surface area contributed by atoms with E-state index in [2.05, 4.69) is 20.6 Å². The lowest BCUT2D eigenvalue weighted by Gasteiger charge is -1.93. The molecule has 0 amide bonds. The van der Waals surface area contributed by atoms with Crippen LogP contribution in [-0.4, -0.2) is 16.5 Å². The van der Waals surface area contributed by atoms with Crippen molar-refractivity contribution in [2.45, 2.75) is 13.3 Å². The lowest BCUT2D eigenvalue weighted by atomic mass is 10.3. The Morgan fingerprint density at radius 3 is 2.92 bits per heavy atom. The average Bonchev–Trinajstić information content (AvgIpc) is 2.15. The van der Waals surface area contributed by atoms with Crippen LogP contribution in [0.2, 0.25) is 0 Å². The zero-order chi connectivity index (χ0) is 8.81. The third-order valence-electron chi connectivity index (χ3n) is 1.34. The predicted molar refractivity (Wildman–Crippen MR) is 46.9 cm³/mol. The van der Waals surface area contributed by atoms with Crippen LogP contribution in [0.3, 0.4) is 0 Å². The Hall–Kier alpha value is -1.49. The normalized spacial score (nSPS) is 10.5. The minimum Gasteiger partial charge on any atom is -0.315 e. The number of nitrogens with zero attached hydrogens (tertiary/aromatic N) is 3. The van der Waals surface area contributed by atoms with Gasteiger partial charge in [-0.15, -0.1) is 5.10 Å². The molecule has 0 fully saturated rings. The lowest BCUT2D eigenvalue weighted by molar-refractivity contribution is 0.916. The second-order valence-electron chi connectivity index (χ2n) is 2.16. The Bertz CT molecular complexity index is 253. The van der Waals surface area contributed by atoms with Crippen molar-refractivity contribution in [1.82, 2.24) is 15.6 Å². The summed E-state index contributed by atoms with van der Waals surface area (Å²) in [4.78, 5) is 3.87. The molecule has 1 rings (SSSR count). The molecule has 0 aliphatic carbocycles. The molecule has 0 aromatic carbocycles. The summed E-state index contributed by atoms with van der Waals surface area (Å²) in [5.74, 6) is 5.53. The Balaban J connectivity index is 2.71. The first-order valence-corrected chi connectivity index (χ1v) is 3.68. The highest BCUT2D eigenvalue weighted by atomic mass is 15.2. The maximum absolute atomic E-state index is 4.98. The maximum atomic E-state index is 4.98. The van der Waals surface area contributed by atoms with Crippen LogP contribution in [0.5, 0.6) is 0 Å². The van der Waals surface area contributed by atoms with E-state index in [9.17, 15) is 0 Å². The molecule has 0 radical (unpaired) electrons. The molecule has 5 heteroatoms. The van der Waals surface area contributed by atoms with E-state index in [-0.39, 0.29) is 0 Å². The SMILES string of the molecule is CCc1ccc(N=CNN)nn1. The second-order valence-corrected chi connectivity index (χ2v) is 2.16. The van der Waals surface area contributed by atoms with Crippen molar-refractivity contribution >= 4 is 12.2 Å². The topological polar surface area (TPSA) is 76.2 Å². The number of nitrogens with one attached hydrogen (secondary N) is 1. The highest BCUT2D eigenvalue weighted by Gasteiger charge is 1.91. The van der Waals surface area contributed by atoms with E-state index in [1.807, 2.05) is 13.0 Å². The Labute approximate surface area is 70.7 Å². The number of rotatable bonds is 3. The standard InChI is InChI=1S/C7H11N5/c1-2-6-3-4-7(12-11-6)9-5-10-8/h3-5H,2,8H2,1H3,(H,9,10,12). The zero-order valence-corrected chi connectivity index (χ0v) is 6.86. The van der Waals surface area contributed by atoms with Crippen molar-refractivity contribution in [2.24, 2.45) is 10.8 Å². The summed E-state index contributed by atoms with van der Waals surface area (Å²) in [6.45, 7) is 2.02. The molecule has 0 aliphatic heterocycles. The van der Waals surface area contributed by atoms with Crippen molar-refractivity contribution < 1.29 is 0 Å². The van der Waals surface area contributed by atoms with E-state index < -0.39 is 0 Å². The Kier molecular flexibility index (Phi) is 3.16. The largest absolute Gasteiger partial charge is 0.315 e. The molecule has 1 heterocycles. The Morgan fingerprint density at radius 2 is 2.42 bits per heavy atom. The molecule has 64 valence electrons. The predicted octanol–water partition coefficient (Wildman–Crippen LogP) is 0.162. The first-order chi connectivity index (χ1) is 5.86. The zero-order valence-electron chi connectivity index (χ0n) is 6.86. The number of hydrogen-bond donors (Lipinski definition) is 2. The van der Waals surface area contributed by atoms with E-state index in [1.54, 1.807) is 6.07 Å². The summed E-state index contributed by atoms with van der Waals surface area (Å²) in [6, 6.07) is 3.68. The lowest BCUT2D eigenvalue weighted by Crippen LogP contribution is -2.18. The molecule has 1 aromatic rings. The molecule has 0 saturated heterocycles. The number of nitrogens with two attached hydrogens (primary N) is 1. The maximum Gasteiger partial charge on any atom is 0.175 e. The van der Waals surface area contributed by atoms with Gasteiger partial charge in [0.2, 0.25) is 0 Å². The molecule has 5 nitrogen and oxygen atoms in total. The summed E-state index contributed by atoms with van der Waals surface area (Å²) in [6.07, 6.45) is 2.24. The van der Waals surface area contributed by atoms with Crippen LogP contribution in [0, 0.1) is 0 Å². The average molecular weight is 165 g/mol. The second kappa shape index (κ2) is 4.40. The van der Waals surface area contributed by atoms with Crippen LogP contribution < -0.4 is 11.3 Å².